The smallest absolute Gasteiger partial charge is 0.308 e. The van der Waals surface area contributed by atoms with Crippen LogP contribution in [0.1, 0.15) is 37.8 Å². The van der Waals surface area contributed by atoms with Crippen molar-refractivity contribution in [2.24, 2.45) is 5.92 Å². The summed E-state index contributed by atoms with van der Waals surface area (Å²) in [6.07, 6.45) is 1.52. The Kier molecular flexibility index (Phi) is 5.27. The maximum Gasteiger partial charge on any atom is 0.308 e. The zero-order chi connectivity index (χ0) is 15.6. The van der Waals surface area contributed by atoms with Gasteiger partial charge in [0.15, 0.2) is 0 Å². The van der Waals surface area contributed by atoms with Gasteiger partial charge in [0.2, 0.25) is 5.91 Å². The predicted molar refractivity (Wildman–Crippen MR) is 84.3 cm³/mol. The topological polar surface area (TPSA) is 57.6 Å². The van der Waals surface area contributed by atoms with E-state index in [4.69, 9.17) is 11.6 Å². The van der Waals surface area contributed by atoms with Crippen molar-refractivity contribution in [3.05, 3.63) is 33.3 Å². The molecule has 1 heterocycles. The number of hydrogen-bond donors (Lipinski definition) is 1. The average molecular weight is 375 g/mol. The number of nitrogens with zero attached hydrogens (tertiary/aromatic N) is 1. The molecule has 21 heavy (non-hydrogen) atoms. The van der Waals surface area contributed by atoms with E-state index >= 15 is 0 Å². The largest absolute Gasteiger partial charge is 0.481 e. The van der Waals surface area contributed by atoms with E-state index in [0.717, 1.165) is 5.56 Å². The molecule has 1 aliphatic rings. The molecule has 4 nitrogen and oxygen atoms in total. The minimum absolute atomic E-state index is 0.0114. The number of hydrogen-bond acceptors (Lipinski definition) is 2. The van der Waals surface area contributed by atoms with Crippen molar-refractivity contribution in [3.8, 4) is 0 Å². The fraction of sp³-hybridized carbons (Fsp3) is 0.467. The highest BCUT2D eigenvalue weighted by Crippen LogP contribution is 2.37. The Bertz CT molecular complexity index is 562. The van der Waals surface area contributed by atoms with Gasteiger partial charge in [-0.2, -0.15) is 0 Å². The van der Waals surface area contributed by atoms with Crippen LogP contribution in [-0.4, -0.2) is 28.4 Å². The van der Waals surface area contributed by atoms with Crippen LogP contribution in [0.4, 0.5) is 0 Å². The molecule has 6 heteroatoms. The van der Waals surface area contributed by atoms with Crippen molar-refractivity contribution in [1.29, 1.82) is 0 Å². The van der Waals surface area contributed by atoms with Crippen molar-refractivity contribution in [2.45, 2.75) is 32.2 Å². The van der Waals surface area contributed by atoms with Gasteiger partial charge in [-0.25, -0.2) is 0 Å². The lowest BCUT2D eigenvalue weighted by Crippen LogP contribution is -2.38. The van der Waals surface area contributed by atoms with Gasteiger partial charge in [0.05, 0.1) is 17.0 Å². The molecule has 1 N–H and O–H groups in total. The van der Waals surface area contributed by atoms with E-state index in [-0.39, 0.29) is 5.91 Å². The zero-order valence-corrected chi connectivity index (χ0v) is 14.0. The highest BCUT2D eigenvalue weighted by atomic mass is 79.9. The lowest BCUT2D eigenvalue weighted by molar-refractivity contribution is -0.146. The number of carbonyl (C=O) groups is 2. The van der Waals surface area contributed by atoms with Crippen molar-refractivity contribution >= 4 is 39.4 Å². The molecule has 0 aliphatic carbocycles. The lowest BCUT2D eigenvalue weighted by atomic mass is 9.89. The average Bonchev–Trinajstić information content (AvgIpc) is 2.60. The number of carbonyl (C=O) groups excluding carboxylic acids is 1. The van der Waals surface area contributed by atoms with Gasteiger partial charge in [-0.05, 0) is 53.4 Å². The molecular formula is C15H17BrClNO3. The maximum absolute atomic E-state index is 12.2. The van der Waals surface area contributed by atoms with Crippen LogP contribution < -0.4 is 0 Å². The van der Waals surface area contributed by atoms with Crippen LogP contribution in [-0.2, 0) is 9.59 Å². The number of aliphatic carboxylic acids is 1. The summed E-state index contributed by atoms with van der Waals surface area (Å²) < 4.78 is 0.707. The van der Waals surface area contributed by atoms with E-state index in [1.807, 2.05) is 13.0 Å². The molecule has 1 aliphatic heterocycles. The van der Waals surface area contributed by atoms with Gasteiger partial charge in [0, 0.05) is 17.4 Å². The van der Waals surface area contributed by atoms with Crippen LogP contribution in [0.25, 0.3) is 0 Å². The van der Waals surface area contributed by atoms with Gasteiger partial charge in [-0.3, -0.25) is 9.59 Å². The molecule has 0 aromatic heterocycles. The molecule has 114 valence electrons. The van der Waals surface area contributed by atoms with Gasteiger partial charge in [-0.15, -0.1) is 0 Å². The van der Waals surface area contributed by atoms with E-state index in [1.165, 1.54) is 0 Å². The van der Waals surface area contributed by atoms with Crippen molar-refractivity contribution in [3.63, 3.8) is 0 Å². The molecule has 0 radical (unpaired) electrons. The molecule has 2 atom stereocenters. The van der Waals surface area contributed by atoms with Gasteiger partial charge in [-0.1, -0.05) is 17.7 Å². The second kappa shape index (κ2) is 6.79. The maximum atomic E-state index is 12.2. The van der Waals surface area contributed by atoms with Crippen LogP contribution in [0.2, 0.25) is 5.02 Å². The van der Waals surface area contributed by atoms with E-state index in [9.17, 15) is 14.7 Å². The molecule has 1 aromatic rings. The Hall–Kier alpha value is -1.07. The number of amides is 1. The number of carboxylic acid groups (broad SMARTS) is 1. The van der Waals surface area contributed by atoms with Gasteiger partial charge in [0.25, 0.3) is 0 Å². The first kappa shape index (κ1) is 16.3. The number of halogens is 2. The normalized spacial score (nSPS) is 23.0. The van der Waals surface area contributed by atoms with E-state index in [1.54, 1.807) is 17.0 Å². The third kappa shape index (κ3) is 3.40. The summed E-state index contributed by atoms with van der Waals surface area (Å²) in [6, 6.07) is 4.89. The fourth-order valence-electron chi connectivity index (χ4n) is 2.89. The van der Waals surface area contributed by atoms with Gasteiger partial charge in [0.1, 0.15) is 0 Å². The first-order valence-corrected chi connectivity index (χ1v) is 8.10. The van der Waals surface area contributed by atoms with E-state index in [2.05, 4.69) is 15.9 Å². The third-order valence-electron chi connectivity index (χ3n) is 3.89. The molecule has 1 aromatic carbocycles. The van der Waals surface area contributed by atoms with Gasteiger partial charge >= 0.3 is 5.97 Å². The van der Waals surface area contributed by atoms with Crippen LogP contribution in [0.5, 0.6) is 0 Å². The fourth-order valence-corrected chi connectivity index (χ4v) is 3.40. The highest BCUT2D eigenvalue weighted by Gasteiger charge is 2.38. The Morgan fingerprint density at radius 2 is 2.24 bits per heavy atom. The zero-order valence-electron chi connectivity index (χ0n) is 11.7. The SMILES string of the molecule is CCN1C(=O)CCCC(C(=O)O)C1c1ccc(Cl)c(Br)c1. The van der Waals surface area contributed by atoms with E-state index < -0.39 is 17.9 Å². The molecule has 2 unspecified atom stereocenters. The summed E-state index contributed by atoms with van der Waals surface area (Å²) >= 11 is 9.37. The van der Waals surface area contributed by atoms with Crippen LogP contribution >= 0.6 is 27.5 Å². The lowest BCUT2D eigenvalue weighted by Gasteiger charge is -2.33. The second-order valence-corrected chi connectivity index (χ2v) is 6.40. The van der Waals surface area contributed by atoms with Gasteiger partial charge < -0.3 is 10.0 Å². The molecule has 1 amide bonds. The molecule has 1 fully saturated rings. The number of rotatable bonds is 3. The number of carboxylic acids is 1. The summed E-state index contributed by atoms with van der Waals surface area (Å²) in [5.41, 5.74) is 0.802. The first-order chi connectivity index (χ1) is 9.95. The van der Waals surface area contributed by atoms with Crippen molar-refractivity contribution in [2.75, 3.05) is 6.54 Å². The summed E-state index contributed by atoms with van der Waals surface area (Å²) in [5.74, 6) is -1.44. The second-order valence-electron chi connectivity index (χ2n) is 5.14. The Morgan fingerprint density at radius 3 is 2.81 bits per heavy atom. The quantitative estimate of drug-likeness (QED) is 0.873. The highest BCUT2D eigenvalue weighted by molar-refractivity contribution is 9.10. The molecule has 0 saturated carbocycles. The summed E-state index contributed by atoms with van der Waals surface area (Å²) in [5, 5.41) is 10.1. The summed E-state index contributed by atoms with van der Waals surface area (Å²) in [6.45, 7) is 2.37. The molecular weight excluding hydrogens is 358 g/mol. The minimum Gasteiger partial charge on any atom is -0.481 e. The monoisotopic (exact) mass is 373 g/mol. The minimum atomic E-state index is -0.862. The Balaban J connectivity index is 2.50. The summed E-state index contributed by atoms with van der Waals surface area (Å²) in [7, 11) is 0. The van der Waals surface area contributed by atoms with Crippen molar-refractivity contribution in [1.82, 2.24) is 4.90 Å². The third-order valence-corrected chi connectivity index (χ3v) is 5.10. The van der Waals surface area contributed by atoms with E-state index in [0.29, 0.717) is 35.3 Å². The number of benzene rings is 1. The van der Waals surface area contributed by atoms with Crippen LogP contribution in [0, 0.1) is 5.92 Å². The molecule has 0 spiro atoms. The predicted octanol–water partition coefficient (Wildman–Crippen LogP) is 3.88. The Labute approximate surface area is 137 Å². The molecule has 0 bridgehead atoms. The molecule has 1 saturated heterocycles. The molecule has 2 rings (SSSR count). The number of likely N-dealkylation sites (tertiary alicyclic amines) is 1. The van der Waals surface area contributed by atoms with Crippen molar-refractivity contribution < 1.29 is 14.7 Å². The summed E-state index contributed by atoms with van der Waals surface area (Å²) in [4.78, 5) is 25.5. The standard InChI is InChI=1S/C15H17BrClNO3/c1-2-18-13(19)5-3-4-10(15(20)21)14(18)9-6-7-12(17)11(16)8-9/h6-8,10,14H,2-5H2,1H3,(H,20,21). The first-order valence-electron chi connectivity index (χ1n) is 6.93. The van der Waals surface area contributed by atoms with Crippen LogP contribution in [0.15, 0.2) is 22.7 Å². The van der Waals surface area contributed by atoms with Crippen LogP contribution in [0.3, 0.4) is 0 Å². The Morgan fingerprint density at radius 1 is 1.52 bits per heavy atom.